The Labute approximate surface area is 127 Å². The van der Waals surface area contributed by atoms with E-state index < -0.39 is 0 Å². The summed E-state index contributed by atoms with van der Waals surface area (Å²) in [7, 11) is 1.73. The van der Waals surface area contributed by atoms with E-state index in [-0.39, 0.29) is 0 Å². The number of aromatic nitrogens is 2. The highest BCUT2D eigenvalue weighted by Gasteiger charge is 2.06. The van der Waals surface area contributed by atoms with Crippen LogP contribution in [0, 0.1) is 6.92 Å². The van der Waals surface area contributed by atoms with Crippen LogP contribution in [0.1, 0.15) is 31.0 Å². The first-order chi connectivity index (χ1) is 10.2. The molecule has 0 aliphatic carbocycles. The first kappa shape index (κ1) is 15.6. The van der Waals surface area contributed by atoms with Gasteiger partial charge in [0.2, 0.25) is 5.95 Å². The highest BCUT2D eigenvalue weighted by atomic mass is 16.5. The second kappa shape index (κ2) is 7.84. The Morgan fingerprint density at radius 3 is 2.67 bits per heavy atom. The summed E-state index contributed by atoms with van der Waals surface area (Å²) in [5.74, 6) is 0.895. The fraction of sp³-hybridized carbons (Fsp3) is 0.471. The Morgan fingerprint density at radius 1 is 1.24 bits per heavy atom. The monoisotopic (exact) mass is 287 g/mol. The molecule has 0 saturated carbocycles. The summed E-state index contributed by atoms with van der Waals surface area (Å²) in [6.07, 6.45) is 5.36. The lowest BCUT2D eigenvalue weighted by molar-refractivity contribution is 0.190. The molecule has 21 heavy (non-hydrogen) atoms. The first-order valence-electron chi connectivity index (χ1n) is 7.61. The molecule has 0 aliphatic rings. The maximum Gasteiger partial charge on any atom is 0.207 e. The molecule has 0 radical (unpaired) electrons. The van der Waals surface area contributed by atoms with Crippen LogP contribution in [0.3, 0.4) is 0 Å². The second-order valence-corrected chi connectivity index (χ2v) is 5.32. The third kappa shape index (κ3) is 4.60. The fourth-order valence-electron chi connectivity index (χ4n) is 2.37. The highest BCUT2D eigenvalue weighted by Crippen LogP contribution is 2.18. The molecule has 0 amide bonds. The van der Waals surface area contributed by atoms with Gasteiger partial charge in [-0.3, -0.25) is 0 Å². The number of nitrogens with zero attached hydrogens (tertiary/aromatic N) is 2. The summed E-state index contributed by atoms with van der Waals surface area (Å²) in [5, 5.41) is 3.40. The average Bonchev–Trinajstić information content (AvgIpc) is 2.82. The number of anilines is 2. The Morgan fingerprint density at radius 2 is 2.00 bits per heavy atom. The normalized spacial score (nSPS) is 10.8. The maximum absolute atomic E-state index is 5.11. The molecule has 0 aliphatic heterocycles. The number of benzene rings is 1. The summed E-state index contributed by atoms with van der Waals surface area (Å²) in [5.41, 5.74) is 3.48. The topological polar surface area (TPSA) is 39.1 Å². The molecule has 1 heterocycles. The predicted molar refractivity (Wildman–Crippen MR) is 87.2 cm³/mol. The lowest BCUT2D eigenvalue weighted by Crippen LogP contribution is -2.05. The minimum absolute atomic E-state index is 0.766. The van der Waals surface area contributed by atoms with Gasteiger partial charge in [-0.25, -0.2) is 4.98 Å². The smallest absolute Gasteiger partial charge is 0.207 e. The predicted octanol–water partition coefficient (Wildman–Crippen LogP) is 3.92. The lowest BCUT2D eigenvalue weighted by Gasteiger charge is -2.10. The number of ether oxygens (including phenoxy) is 1. The van der Waals surface area contributed by atoms with Crippen molar-refractivity contribution in [3.63, 3.8) is 0 Å². The number of hydrogen-bond donors (Lipinski definition) is 1. The van der Waals surface area contributed by atoms with Crippen molar-refractivity contribution < 1.29 is 4.74 Å². The van der Waals surface area contributed by atoms with Crippen molar-refractivity contribution in [2.45, 2.75) is 39.7 Å². The first-order valence-corrected chi connectivity index (χ1v) is 7.61. The SMILES string of the molecule is CCCc1ccc(Nc2nc(C)cn2CCCOC)cc1. The van der Waals surface area contributed by atoms with Gasteiger partial charge in [0, 0.05) is 32.1 Å². The van der Waals surface area contributed by atoms with Crippen LogP contribution >= 0.6 is 0 Å². The molecule has 0 spiro atoms. The molecule has 0 atom stereocenters. The Bertz CT molecular complexity index is 546. The summed E-state index contributed by atoms with van der Waals surface area (Å²) in [4.78, 5) is 4.55. The maximum atomic E-state index is 5.11. The second-order valence-electron chi connectivity index (χ2n) is 5.32. The van der Waals surface area contributed by atoms with E-state index in [1.165, 1.54) is 12.0 Å². The largest absolute Gasteiger partial charge is 0.385 e. The molecule has 0 fully saturated rings. The zero-order chi connectivity index (χ0) is 15.1. The van der Waals surface area contributed by atoms with E-state index in [1.807, 2.05) is 6.92 Å². The van der Waals surface area contributed by atoms with E-state index in [1.54, 1.807) is 7.11 Å². The minimum atomic E-state index is 0.766. The number of aryl methyl sites for hydroxylation is 3. The third-order valence-electron chi connectivity index (χ3n) is 3.39. The summed E-state index contributed by atoms with van der Waals surface area (Å²) < 4.78 is 7.26. The van der Waals surface area contributed by atoms with E-state index in [0.29, 0.717) is 0 Å². The molecule has 0 bridgehead atoms. The highest BCUT2D eigenvalue weighted by molar-refractivity contribution is 5.54. The molecule has 1 aromatic heterocycles. The molecule has 0 saturated heterocycles. The molecule has 2 rings (SSSR count). The van der Waals surface area contributed by atoms with Gasteiger partial charge in [0.25, 0.3) is 0 Å². The van der Waals surface area contributed by atoms with E-state index in [4.69, 9.17) is 4.74 Å². The van der Waals surface area contributed by atoms with Crippen molar-refractivity contribution in [1.29, 1.82) is 0 Å². The van der Waals surface area contributed by atoms with Crippen LogP contribution in [0.25, 0.3) is 0 Å². The van der Waals surface area contributed by atoms with Crippen molar-refractivity contribution in [2.24, 2.45) is 0 Å². The standard InChI is InChI=1S/C17H25N3O/c1-4-6-15-7-9-16(10-8-15)19-17-18-14(2)13-20(17)11-5-12-21-3/h7-10,13H,4-6,11-12H2,1-3H3,(H,18,19). The van der Waals surface area contributed by atoms with Gasteiger partial charge in [-0.05, 0) is 37.5 Å². The van der Waals surface area contributed by atoms with E-state index >= 15 is 0 Å². The number of imidazole rings is 1. The van der Waals surface area contributed by atoms with Gasteiger partial charge in [-0.1, -0.05) is 25.5 Å². The third-order valence-corrected chi connectivity index (χ3v) is 3.39. The molecule has 114 valence electrons. The van der Waals surface area contributed by atoms with Gasteiger partial charge in [-0.2, -0.15) is 0 Å². The van der Waals surface area contributed by atoms with Gasteiger partial charge in [0.1, 0.15) is 0 Å². The van der Waals surface area contributed by atoms with Crippen molar-refractivity contribution in [2.75, 3.05) is 19.0 Å². The van der Waals surface area contributed by atoms with Gasteiger partial charge < -0.3 is 14.6 Å². The van der Waals surface area contributed by atoms with Crippen molar-refractivity contribution in [3.05, 3.63) is 41.7 Å². The van der Waals surface area contributed by atoms with Crippen LogP contribution in [-0.4, -0.2) is 23.3 Å². The van der Waals surface area contributed by atoms with Gasteiger partial charge in [0.15, 0.2) is 0 Å². The number of methoxy groups -OCH3 is 1. The van der Waals surface area contributed by atoms with Crippen LogP contribution in [0.4, 0.5) is 11.6 Å². The molecule has 1 N–H and O–H groups in total. The van der Waals surface area contributed by atoms with Crippen LogP contribution in [0.2, 0.25) is 0 Å². The minimum Gasteiger partial charge on any atom is -0.385 e. The zero-order valence-corrected chi connectivity index (χ0v) is 13.2. The van der Waals surface area contributed by atoms with E-state index in [9.17, 15) is 0 Å². The van der Waals surface area contributed by atoms with Crippen molar-refractivity contribution in [3.8, 4) is 0 Å². The van der Waals surface area contributed by atoms with Crippen LogP contribution in [0.15, 0.2) is 30.5 Å². The number of nitrogens with one attached hydrogen (secondary N) is 1. The Kier molecular flexibility index (Phi) is 5.81. The van der Waals surface area contributed by atoms with Crippen molar-refractivity contribution in [1.82, 2.24) is 9.55 Å². The summed E-state index contributed by atoms with van der Waals surface area (Å²) in [6.45, 7) is 5.89. The summed E-state index contributed by atoms with van der Waals surface area (Å²) in [6, 6.07) is 8.59. The molecule has 4 nitrogen and oxygen atoms in total. The molecular weight excluding hydrogens is 262 g/mol. The number of rotatable bonds is 8. The quantitative estimate of drug-likeness (QED) is 0.748. The fourth-order valence-corrected chi connectivity index (χ4v) is 2.37. The summed E-state index contributed by atoms with van der Waals surface area (Å²) >= 11 is 0. The lowest BCUT2D eigenvalue weighted by atomic mass is 10.1. The molecule has 4 heteroatoms. The van der Waals surface area contributed by atoms with E-state index in [0.717, 1.165) is 43.3 Å². The molecule has 0 unspecified atom stereocenters. The Balaban J connectivity index is 2.04. The van der Waals surface area contributed by atoms with Gasteiger partial charge in [0.05, 0.1) is 5.69 Å². The van der Waals surface area contributed by atoms with Crippen molar-refractivity contribution >= 4 is 11.6 Å². The molecule has 1 aromatic carbocycles. The Hall–Kier alpha value is -1.81. The number of hydrogen-bond acceptors (Lipinski definition) is 3. The average molecular weight is 287 g/mol. The van der Waals surface area contributed by atoms with Crippen LogP contribution in [0.5, 0.6) is 0 Å². The zero-order valence-electron chi connectivity index (χ0n) is 13.2. The molecule has 2 aromatic rings. The van der Waals surface area contributed by atoms with Gasteiger partial charge >= 0.3 is 0 Å². The van der Waals surface area contributed by atoms with Crippen LogP contribution in [-0.2, 0) is 17.7 Å². The van der Waals surface area contributed by atoms with Crippen LogP contribution < -0.4 is 5.32 Å². The molecular formula is C17H25N3O. The van der Waals surface area contributed by atoms with Gasteiger partial charge in [-0.15, -0.1) is 0 Å². The van der Waals surface area contributed by atoms with E-state index in [2.05, 4.69) is 52.3 Å².